The van der Waals surface area contributed by atoms with Gasteiger partial charge >= 0.3 is 0 Å². The minimum absolute atomic E-state index is 0.0235. The molecule has 0 aromatic rings. The summed E-state index contributed by atoms with van der Waals surface area (Å²) in [5, 5.41) is 0. The molecular formula is C19H35F2N3O. The molecule has 0 N–H and O–H groups in total. The fourth-order valence-corrected chi connectivity index (χ4v) is 3.76. The maximum Gasteiger partial charge on any atom is 0.263 e. The average molecular weight is 360 g/mol. The third-order valence-electron chi connectivity index (χ3n) is 5.79. The molecule has 0 amide bonds. The molecule has 0 radical (unpaired) electrons. The zero-order valence-electron chi connectivity index (χ0n) is 16.3. The molecule has 0 bridgehead atoms. The number of Topliss-reactive ketones (excluding diaryl/α,β-unsaturated/α-hetero) is 1. The molecule has 2 fully saturated rings. The van der Waals surface area contributed by atoms with Gasteiger partial charge in [0.15, 0.2) is 0 Å². The quantitative estimate of drug-likeness (QED) is 0.698. The van der Waals surface area contributed by atoms with Gasteiger partial charge in [-0.25, -0.2) is 8.78 Å². The molecule has 25 heavy (non-hydrogen) atoms. The third-order valence-corrected chi connectivity index (χ3v) is 5.79. The Morgan fingerprint density at radius 2 is 1.60 bits per heavy atom. The molecule has 0 aliphatic carbocycles. The molecule has 146 valence electrons. The number of rotatable bonds is 7. The number of carbonyl (C=O) groups is 1. The number of alkyl halides is 2. The van der Waals surface area contributed by atoms with Crippen molar-refractivity contribution in [2.75, 3.05) is 52.4 Å². The number of ketones is 1. The third kappa shape index (κ3) is 5.97. The zero-order valence-corrected chi connectivity index (χ0v) is 16.3. The van der Waals surface area contributed by atoms with Gasteiger partial charge in [0.2, 0.25) is 0 Å². The predicted octanol–water partition coefficient (Wildman–Crippen LogP) is 2.58. The van der Waals surface area contributed by atoms with Crippen molar-refractivity contribution in [1.82, 2.24) is 14.7 Å². The number of hydrogen-bond donors (Lipinski definition) is 0. The molecule has 6 heteroatoms. The summed E-state index contributed by atoms with van der Waals surface area (Å²) in [6.45, 7) is 14.2. The maximum atomic E-state index is 14.4. The maximum absolute atomic E-state index is 14.4. The first-order chi connectivity index (χ1) is 11.7. The van der Waals surface area contributed by atoms with Crippen LogP contribution in [0.3, 0.4) is 0 Å². The highest BCUT2D eigenvalue weighted by Crippen LogP contribution is 2.35. The monoisotopic (exact) mass is 359 g/mol. The Balaban J connectivity index is 1.74. The van der Waals surface area contributed by atoms with Crippen LogP contribution in [0.5, 0.6) is 0 Å². The van der Waals surface area contributed by atoms with Gasteiger partial charge in [-0.3, -0.25) is 19.5 Å². The Labute approximate surface area is 151 Å². The summed E-state index contributed by atoms with van der Waals surface area (Å²) in [5.41, 5.74) is 0. The van der Waals surface area contributed by atoms with Crippen molar-refractivity contribution < 1.29 is 13.6 Å². The second kappa shape index (κ2) is 8.87. The highest BCUT2D eigenvalue weighted by atomic mass is 19.3. The van der Waals surface area contributed by atoms with Gasteiger partial charge in [0, 0.05) is 63.6 Å². The summed E-state index contributed by atoms with van der Waals surface area (Å²) in [7, 11) is 0. The van der Waals surface area contributed by atoms with E-state index in [1.54, 1.807) is 13.8 Å². The lowest BCUT2D eigenvalue weighted by Crippen LogP contribution is -2.53. The summed E-state index contributed by atoms with van der Waals surface area (Å²) in [6.07, 6.45) is 0.447. The van der Waals surface area contributed by atoms with E-state index in [0.29, 0.717) is 25.6 Å². The minimum atomic E-state index is -2.75. The lowest BCUT2D eigenvalue weighted by Gasteiger charge is -2.40. The lowest BCUT2D eigenvalue weighted by molar-refractivity contribution is -0.137. The van der Waals surface area contributed by atoms with Crippen molar-refractivity contribution in [2.24, 2.45) is 11.8 Å². The molecule has 2 aliphatic heterocycles. The lowest BCUT2D eigenvalue weighted by atomic mass is 9.86. The van der Waals surface area contributed by atoms with Crippen molar-refractivity contribution in [3.63, 3.8) is 0 Å². The molecule has 2 rings (SSSR count). The fourth-order valence-electron chi connectivity index (χ4n) is 3.76. The van der Waals surface area contributed by atoms with Crippen LogP contribution in [0.1, 0.15) is 40.5 Å². The molecule has 0 saturated carbocycles. The van der Waals surface area contributed by atoms with E-state index in [1.807, 2.05) is 4.90 Å². The molecular weight excluding hydrogens is 324 g/mol. The van der Waals surface area contributed by atoms with E-state index in [9.17, 15) is 13.6 Å². The summed E-state index contributed by atoms with van der Waals surface area (Å²) < 4.78 is 28.9. The first kappa shape index (κ1) is 20.7. The van der Waals surface area contributed by atoms with Crippen LogP contribution in [-0.4, -0.2) is 84.8 Å². The smallest absolute Gasteiger partial charge is 0.263 e. The van der Waals surface area contributed by atoms with E-state index in [-0.39, 0.29) is 24.7 Å². The van der Waals surface area contributed by atoms with Crippen LogP contribution in [0.2, 0.25) is 0 Å². The van der Waals surface area contributed by atoms with E-state index in [0.717, 1.165) is 32.7 Å². The Bertz CT molecular complexity index is 434. The standard InChI is InChI=1S/C19H35F2N3O/c1-15(2)18(25)13-17-5-6-23(14-19(17,20)21)8-7-22-9-11-24(12-10-22)16(3)4/h15-17H,5-14H2,1-4H3. The number of piperazine rings is 1. The summed E-state index contributed by atoms with van der Waals surface area (Å²) in [4.78, 5) is 18.6. The number of piperidine rings is 1. The van der Waals surface area contributed by atoms with E-state index in [2.05, 4.69) is 23.6 Å². The average Bonchev–Trinajstić information content (AvgIpc) is 2.55. The number of carbonyl (C=O) groups excluding carboxylic acids is 1. The number of halogens is 2. The second-order valence-corrected chi connectivity index (χ2v) is 8.32. The Hall–Kier alpha value is -0.590. The van der Waals surface area contributed by atoms with Gasteiger partial charge in [-0.05, 0) is 26.8 Å². The van der Waals surface area contributed by atoms with E-state index in [4.69, 9.17) is 0 Å². The number of likely N-dealkylation sites (tertiary alicyclic amines) is 1. The molecule has 0 spiro atoms. The van der Waals surface area contributed by atoms with Crippen LogP contribution in [-0.2, 0) is 4.79 Å². The van der Waals surface area contributed by atoms with Crippen molar-refractivity contribution in [3.05, 3.63) is 0 Å². The number of nitrogens with zero attached hydrogens (tertiary/aromatic N) is 3. The summed E-state index contributed by atoms with van der Waals surface area (Å²) >= 11 is 0. The van der Waals surface area contributed by atoms with Crippen LogP contribution < -0.4 is 0 Å². The van der Waals surface area contributed by atoms with Gasteiger partial charge in [0.05, 0.1) is 6.54 Å². The molecule has 0 aromatic heterocycles. The Kier molecular flexibility index (Phi) is 7.35. The number of hydrogen-bond acceptors (Lipinski definition) is 4. The van der Waals surface area contributed by atoms with Gasteiger partial charge in [-0.1, -0.05) is 13.8 Å². The normalized spacial score (nSPS) is 26.5. The highest BCUT2D eigenvalue weighted by Gasteiger charge is 2.45. The van der Waals surface area contributed by atoms with Gasteiger partial charge in [-0.15, -0.1) is 0 Å². The van der Waals surface area contributed by atoms with Crippen LogP contribution in [0.25, 0.3) is 0 Å². The van der Waals surface area contributed by atoms with Crippen molar-refractivity contribution in [3.8, 4) is 0 Å². The first-order valence-corrected chi connectivity index (χ1v) is 9.78. The van der Waals surface area contributed by atoms with Gasteiger partial charge in [0.1, 0.15) is 5.78 Å². The van der Waals surface area contributed by atoms with E-state index >= 15 is 0 Å². The first-order valence-electron chi connectivity index (χ1n) is 9.78. The summed E-state index contributed by atoms with van der Waals surface area (Å²) in [6, 6.07) is 0.577. The topological polar surface area (TPSA) is 26.8 Å². The minimum Gasteiger partial charge on any atom is -0.300 e. The SMILES string of the molecule is CC(C)C(=O)CC1CCN(CCN2CCN(C(C)C)CC2)CC1(F)F. The van der Waals surface area contributed by atoms with Gasteiger partial charge in [0.25, 0.3) is 5.92 Å². The van der Waals surface area contributed by atoms with E-state index in [1.165, 1.54) is 0 Å². The van der Waals surface area contributed by atoms with Crippen LogP contribution in [0.15, 0.2) is 0 Å². The largest absolute Gasteiger partial charge is 0.300 e. The summed E-state index contributed by atoms with van der Waals surface area (Å²) in [5.74, 6) is -3.73. The molecule has 2 aliphatic rings. The van der Waals surface area contributed by atoms with Crippen molar-refractivity contribution in [1.29, 1.82) is 0 Å². The van der Waals surface area contributed by atoms with Gasteiger partial charge < -0.3 is 0 Å². The van der Waals surface area contributed by atoms with Crippen LogP contribution in [0, 0.1) is 11.8 Å². The van der Waals surface area contributed by atoms with E-state index < -0.39 is 11.8 Å². The molecule has 2 heterocycles. The highest BCUT2D eigenvalue weighted by molar-refractivity contribution is 5.80. The van der Waals surface area contributed by atoms with Crippen molar-refractivity contribution >= 4 is 5.78 Å². The fraction of sp³-hybridized carbons (Fsp3) is 0.947. The zero-order chi connectivity index (χ0) is 18.6. The molecule has 0 aromatic carbocycles. The van der Waals surface area contributed by atoms with Gasteiger partial charge in [-0.2, -0.15) is 0 Å². The Morgan fingerprint density at radius 3 is 2.12 bits per heavy atom. The van der Waals surface area contributed by atoms with Crippen LogP contribution in [0.4, 0.5) is 8.78 Å². The Morgan fingerprint density at radius 1 is 1.00 bits per heavy atom. The molecule has 2 saturated heterocycles. The molecule has 4 nitrogen and oxygen atoms in total. The van der Waals surface area contributed by atoms with Crippen molar-refractivity contribution in [2.45, 2.75) is 52.5 Å². The molecule has 1 unspecified atom stereocenters. The second-order valence-electron chi connectivity index (χ2n) is 8.32. The van der Waals surface area contributed by atoms with Crippen LogP contribution >= 0.6 is 0 Å². The molecule has 1 atom stereocenters. The predicted molar refractivity (Wildman–Crippen MR) is 97.1 cm³/mol.